The number of ether oxygens (including phenoxy) is 1. The number of aliphatic imine (C=N–C) groups is 1. The summed E-state index contributed by atoms with van der Waals surface area (Å²) in [5.41, 5.74) is 9.21. The van der Waals surface area contributed by atoms with Crippen LogP contribution in [-0.2, 0) is 0 Å². The van der Waals surface area contributed by atoms with Crippen molar-refractivity contribution in [3.05, 3.63) is 59.4 Å². The van der Waals surface area contributed by atoms with Crippen LogP contribution in [0, 0.1) is 19.7 Å². The highest BCUT2D eigenvalue weighted by Crippen LogP contribution is 2.14. The molecule has 0 bridgehead atoms. The maximum absolute atomic E-state index is 12.8. The summed E-state index contributed by atoms with van der Waals surface area (Å²) in [6.45, 7) is 6.40. The number of nitrogens with one attached hydrogen (secondary N) is 1. The van der Waals surface area contributed by atoms with Gasteiger partial charge in [-0.25, -0.2) is 9.38 Å². The van der Waals surface area contributed by atoms with Crippen LogP contribution in [0.15, 0.2) is 47.5 Å². The van der Waals surface area contributed by atoms with Crippen LogP contribution in [-0.4, -0.2) is 18.6 Å². The molecular formula is C18H22FN3O. The van der Waals surface area contributed by atoms with Crippen molar-refractivity contribution in [1.29, 1.82) is 0 Å². The van der Waals surface area contributed by atoms with Crippen LogP contribution in [0.4, 0.5) is 10.1 Å². The van der Waals surface area contributed by atoms with E-state index in [0.29, 0.717) is 18.3 Å². The molecule has 0 saturated carbocycles. The van der Waals surface area contributed by atoms with Crippen molar-refractivity contribution in [3.8, 4) is 5.75 Å². The quantitative estimate of drug-likeness (QED) is 0.654. The minimum atomic E-state index is -0.287. The molecule has 0 heterocycles. The summed E-state index contributed by atoms with van der Waals surface area (Å²) >= 11 is 0. The lowest BCUT2D eigenvalue weighted by Gasteiger charge is -2.13. The molecule has 0 aliphatic heterocycles. The number of anilines is 1. The van der Waals surface area contributed by atoms with Crippen molar-refractivity contribution >= 4 is 11.6 Å². The van der Waals surface area contributed by atoms with E-state index in [2.05, 4.69) is 17.2 Å². The molecule has 1 atom stereocenters. The van der Waals surface area contributed by atoms with Gasteiger partial charge in [-0.1, -0.05) is 6.07 Å². The molecule has 0 aliphatic carbocycles. The highest BCUT2D eigenvalue weighted by Gasteiger charge is 2.04. The van der Waals surface area contributed by atoms with Gasteiger partial charge in [-0.3, -0.25) is 0 Å². The van der Waals surface area contributed by atoms with E-state index in [-0.39, 0.29) is 11.9 Å². The zero-order valence-electron chi connectivity index (χ0n) is 13.6. The molecular weight excluding hydrogens is 293 g/mol. The Morgan fingerprint density at radius 1 is 1.17 bits per heavy atom. The Labute approximate surface area is 136 Å². The molecule has 0 amide bonds. The van der Waals surface area contributed by atoms with Crippen molar-refractivity contribution in [1.82, 2.24) is 0 Å². The van der Waals surface area contributed by atoms with Crippen LogP contribution in [0.3, 0.4) is 0 Å². The van der Waals surface area contributed by atoms with Gasteiger partial charge in [0.1, 0.15) is 17.7 Å². The summed E-state index contributed by atoms with van der Waals surface area (Å²) in [6.07, 6.45) is -0.166. The minimum Gasteiger partial charge on any atom is -0.489 e. The van der Waals surface area contributed by atoms with Crippen LogP contribution >= 0.6 is 0 Å². The molecule has 0 radical (unpaired) electrons. The van der Waals surface area contributed by atoms with Crippen molar-refractivity contribution in [3.63, 3.8) is 0 Å². The first-order valence-electron chi connectivity index (χ1n) is 7.50. The lowest BCUT2D eigenvalue weighted by atomic mass is 10.1. The molecule has 0 aromatic heterocycles. The third-order valence-electron chi connectivity index (χ3n) is 3.45. The number of aryl methyl sites for hydroxylation is 2. The van der Waals surface area contributed by atoms with Crippen LogP contribution in [0.5, 0.6) is 5.75 Å². The first kappa shape index (κ1) is 16.8. The second kappa shape index (κ2) is 7.63. The second-order valence-corrected chi connectivity index (χ2v) is 5.53. The number of halogens is 1. The van der Waals surface area contributed by atoms with E-state index >= 15 is 0 Å². The van der Waals surface area contributed by atoms with Gasteiger partial charge in [-0.05, 0) is 68.3 Å². The maximum atomic E-state index is 12.8. The molecule has 2 aromatic carbocycles. The molecule has 122 valence electrons. The fourth-order valence-electron chi connectivity index (χ4n) is 2.02. The van der Waals surface area contributed by atoms with E-state index in [1.54, 1.807) is 12.1 Å². The van der Waals surface area contributed by atoms with Crippen molar-refractivity contribution < 1.29 is 9.13 Å². The fraction of sp³-hybridized carbons (Fsp3) is 0.278. The summed E-state index contributed by atoms with van der Waals surface area (Å²) in [4.78, 5) is 4.27. The molecule has 23 heavy (non-hydrogen) atoms. The van der Waals surface area contributed by atoms with Gasteiger partial charge in [0.25, 0.3) is 0 Å². The molecule has 0 spiro atoms. The Balaban J connectivity index is 1.88. The van der Waals surface area contributed by atoms with Crippen LogP contribution in [0.2, 0.25) is 0 Å². The molecule has 2 aromatic rings. The average Bonchev–Trinajstić information content (AvgIpc) is 2.51. The minimum absolute atomic E-state index is 0.166. The zero-order valence-corrected chi connectivity index (χ0v) is 13.6. The predicted octanol–water partition coefficient (Wildman–Crippen LogP) is 3.64. The highest BCUT2D eigenvalue weighted by molar-refractivity contribution is 5.92. The molecule has 4 nitrogen and oxygen atoms in total. The maximum Gasteiger partial charge on any atom is 0.193 e. The van der Waals surface area contributed by atoms with Crippen LogP contribution in [0.1, 0.15) is 18.1 Å². The summed E-state index contributed by atoms with van der Waals surface area (Å²) in [5, 5.41) is 3.06. The number of rotatable bonds is 5. The third kappa shape index (κ3) is 5.29. The Bertz CT molecular complexity index is 683. The summed E-state index contributed by atoms with van der Waals surface area (Å²) in [7, 11) is 0. The molecule has 0 aliphatic rings. The molecule has 3 N–H and O–H groups in total. The standard InChI is InChI=1S/C18H22FN3O/c1-12-4-7-16(10-13(12)2)22-18(20)21-11-14(3)23-17-8-5-15(19)6-9-17/h4-10,14H,11H2,1-3H3,(H3,20,21,22). The van der Waals surface area contributed by atoms with Crippen LogP contribution < -0.4 is 15.8 Å². The van der Waals surface area contributed by atoms with Crippen molar-refractivity contribution in [2.75, 3.05) is 11.9 Å². The first-order chi connectivity index (χ1) is 10.9. The Hall–Kier alpha value is -2.56. The van der Waals surface area contributed by atoms with Gasteiger partial charge in [0.05, 0.1) is 6.54 Å². The molecule has 2 rings (SSSR count). The second-order valence-electron chi connectivity index (χ2n) is 5.53. The predicted molar refractivity (Wildman–Crippen MR) is 92.5 cm³/mol. The van der Waals surface area contributed by atoms with Gasteiger partial charge in [0, 0.05) is 5.69 Å². The first-order valence-corrected chi connectivity index (χ1v) is 7.50. The monoisotopic (exact) mass is 315 g/mol. The van der Waals surface area contributed by atoms with E-state index in [0.717, 1.165) is 5.69 Å². The average molecular weight is 315 g/mol. The topological polar surface area (TPSA) is 59.6 Å². The van der Waals surface area contributed by atoms with E-state index in [1.165, 1.54) is 23.3 Å². The number of hydrogen-bond donors (Lipinski definition) is 2. The number of guanidine groups is 1. The summed E-state index contributed by atoms with van der Waals surface area (Å²) < 4.78 is 18.5. The number of nitrogens with zero attached hydrogens (tertiary/aromatic N) is 1. The third-order valence-corrected chi connectivity index (χ3v) is 3.45. The van der Waals surface area contributed by atoms with Gasteiger partial charge in [-0.15, -0.1) is 0 Å². The Kier molecular flexibility index (Phi) is 5.57. The largest absolute Gasteiger partial charge is 0.489 e. The Morgan fingerprint density at radius 2 is 1.87 bits per heavy atom. The lowest BCUT2D eigenvalue weighted by Crippen LogP contribution is -2.25. The van der Waals surface area contributed by atoms with Gasteiger partial charge >= 0.3 is 0 Å². The van der Waals surface area contributed by atoms with E-state index in [4.69, 9.17) is 10.5 Å². The lowest BCUT2D eigenvalue weighted by molar-refractivity contribution is 0.230. The number of benzene rings is 2. The van der Waals surface area contributed by atoms with E-state index < -0.39 is 0 Å². The SMILES string of the molecule is Cc1ccc(NC(N)=NCC(C)Oc2ccc(F)cc2)cc1C. The van der Waals surface area contributed by atoms with E-state index in [9.17, 15) is 4.39 Å². The Morgan fingerprint density at radius 3 is 2.52 bits per heavy atom. The number of hydrogen-bond acceptors (Lipinski definition) is 2. The van der Waals surface area contributed by atoms with Gasteiger partial charge in [0.2, 0.25) is 0 Å². The molecule has 5 heteroatoms. The molecule has 0 fully saturated rings. The normalized spacial score (nSPS) is 12.8. The van der Waals surface area contributed by atoms with Crippen molar-refractivity contribution in [2.45, 2.75) is 26.9 Å². The van der Waals surface area contributed by atoms with Gasteiger partial charge in [0.15, 0.2) is 5.96 Å². The molecule has 0 saturated heterocycles. The summed E-state index contributed by atoms with van der Waals surface area (Å²) in [5.74, 6) is 0.655. The summed E-state index contributed by atoms with van der Waals surface area (Å²) in [6, 6.07) is 11.9. The van der Waals surface area contributed by atoms with Crippen molar-refractivity contribution in [2.24, 2.45) is 10.7 Å². The highest BCUT2D eigenvalue weighted by atomic mass is 19.1. The number of nitrogens with two attached hydrogens (primary N) is 1. The van der Waals surface area contributed by atoms with Crippen LogP contribution in [0.25, 0.3) is 0 Å². The zero-order chi connectivity index (χ0) is 16.8. The van der Waals surface area contributed by atoms with Gasteiger partial charge in [-0.2, -0.15) is 0 Å². The fourth-order valence-corrected chi connectivity index (χ4v) is 2.02. The van der Waals surface area contributed by atoms with E-state index in [1.807, 2.05) is 32.0 Å². The smallest absolute Gasteiger partial charge is 0.193 e. The van der Waals surface area contributed by atoms with Gasteiger partial charge < -0.3 is 15.8 Å². The molecule has 1 unspecified atom stereocenters.